The van der Waals surface area contributed by atoms with E-state index in [-0.39, 0.29) is 41.4 Å². The summed E-state index contributed by atoms with van der Waals surface area (Å²) in [6.45, 7) is 12.7. The molecular weight excluding hydrogens is 503 g/mol. The number of hydrogen-bond donors (Lipinski definition) is 2. The van der Waals surface area contributed by atoms with Gasteiger partial charge in [-0.3, -0.25) is 14.4 Å². The molecule has 12 heteroatoms. The van der Waals surface area contributed by atoms with Gasteiger partial charge in [-0.25, -0.2) is 4.98 Å². The van der Waals surface area contributed by atoms with Crippen molar-refractivity contribution in [1.82, 2.24) is 15.2 Å². The summed E-state index contributed by atoms with van der Waals surface area (Å²) in [6, 6.07) is 0. The van der Waals surface area contributed by atoms with E-state index in [1.54, 1.807) is 4.90 Å². The molecule has 3 saturated carbocycles. The van der Waals surface area contributed by atoms with Gasteiger partial charge >= 0.3 is 7.12 Å². The molecule has 2 saturated heterocycles. The lowest BCUT2D eigenvalue weighted by molar-refractivity contribution is -0.199. The SMILES string of the molecule is CC(C)C[C@H](NC(=O)[C@H](CC(=O)N1CCOCC1)c1ncc(C(N)=O)o1)B1O[C@@H]2C[C@@H]3C[C@@H](C3(C)C)[C@]2(C)O1. The summed E-state index contributed by atoms with van der Waals surface area (Å²) in [5.41, 5.74) is 5.14. The minimum absolute atomic E-state index is 0.0191. The highest BCUT2D eigenvalue weighted by Crippen LogP contribution is 2.65. The molecule has 3 aliphatic carbocycles. The Kier molecular flexibility index (Phi) is 7.58. The van der Waals surface area contributed by atoms with E-state index in [4.69, 9.17) is 24.2 Å². The molecule has 3 N–H and O–H groups in total. The van der Waals surface area contributed by atoms with Gasteiger partial charge in [-0.15, -0.1) is 0 Å². The van der Waals surface area contributed by atoms with E-state index in [0.29, 0.717) is 44.6 Å². The molecule has 1 aromatic heterocycles. The third-order valence-electron chi connectivity index (χ3n) is 9.47. The van der Waals surface area contributed by atoms with Crippen molar-refractivity contribution in [3.05, 3.63) is 17.8 Å². The number of oxazole rings is 1. The van der Waals surface area contributed by atoms with Crippen LogP contribution in [0.25, 0.3) is 0 Å². The number of carbonyl (C=O) groups is 3. The summed E-state index contributed by atoms with van der Waals surface area (Å²) in [6.07, 6.45) is 3.71. The lowest BCUT2D eigenvalue weighted by Crippen LogP contribution is -2.65. The van der Waals surface area contributed by atoms with Crippen LogP contribution in [-0.4, -0.2) is 78.7 Å². The van der Waals surface area contributed by atoms with E-state index in [9.17, 15) is 14.4 Å². The Bertz CT molecular complexity index is 1100. The van der Waals surface area contributed by atoms with Crippen molar-refractivity contribution in [2.75, 3.05) is 26.3 Å². The molecule has 0 unspecified atom stereocenters. The summed E-state index contributed by atoms with van der Waals surface area (Å²) in [5.74, 6) is -1.86. The van der Waals surface area contributed by atoms with Crippen molar-refractivity contribution in [1.29, 1.82) is 0 Å². The van der Waals surface area contributed by atoms with Gasteiger partial charge in [0.05, 0.1) is 37.1 Å². The molecule has 0 radical (unpaired) electrons. The van der Waals surface area contributed by atoms with E-state index in [1.165, 1.54) is 6.20 Å². The zero-order valence-electron chi connectivity index (χ0n) is 23.6. The largest absolute Gasteiger partial charge is 0.481 e. The number of nitrogens with zero attached hydrogens (tertiary/aromatic N) is 2. The van der Waals surface area contributed by atoms with Gasteiger partial charge < -0.3 is 34.4 Å². The predicted molar refractivity (Wildman–Crippen MR) is 141 cm³/mol. The molecule has 0 spiro atoms. The van der Waals surface area contributed by atoms with E-state index < -0.39 is 36.4 Å². The van der Waals surface area contributed by atoms with Crippen LogP contribution in [0.1, 0.15) is 82.7 Å². The zero-order valence-corrected chi connectivity index (χ0v) is 23.6. The molecule has 3 amide bonds. The van der Waals surface area contributed by atoms with Crippen molar-refractivity contribution < 1.29 is 32.8 Å². The van der Waals surface area contributed by atoms with Crippen LogP contribution in [0.15, 0.2) is 10.6 Å². The number of nitrogens with two attached hydrogens (primary N) is 1. The van der Waals surface area contributed by atoms with Crippen LogP contribution in [0.5, 0.6) is 0 Å². The number of amides is 3. The minimum atomic E-state index is -1.05. The van der Waals surface area contributed by atoms with Crippen molar-refractivity contribution >= 4 is 24.8 Å². The molecule has 6 rings (SSSR count). The molecule has 11 nitrogen and oxygen atoms in total. The molecule has 39 heavy (non-hydrogen) atoms. The highest BCUT2D eigenvalue weighted by Gasteiger charge is 2.68. The highest BCUT2D eigenvalue weighted by molar-refractivity contribution is 6.48. The summed E-state index contributed by atoms with van der Waals surface area (Å²) in [4.78, 5) is 44.4. The molecule has 2 bridgehead atoms. The Morgan fingerprint density at radius 3 is 2.54 bits per heavy atom. The van der Waals surface area contributed by atoms with E-state index in [1.807, 2.05) is 0 Å². The van der Waals surface area contributed by atoms with Crippen LogP contribution >= 0.6 is 0 Å². The average Bonchev–Trinajstić information content (AvgIpc) is 3.51. The number of ether oxygens (including phenoxy) is 1. The maximum absolute atomic E-state index is 13.8. The Morgan fingerprint density at radius 1 is 1.21 bits per heavy atom. The first-order chi connectivity index (χ1) is 18.4. The van der Waals surface area contributed by atoms with Crippen molar-refractivity contribution in [3.63, 3.8) is 0 Å². The number of morpholine rings is 1. The van der Waals surface area contributed by atoms with E-state index in [2.05, 4.69) is 44.9 Å². The molecule has 0 aromatic carbocycles. The number of carbonyl (C=O) groups excluding carboxylic acids is 3. The molecule has 5 fully saturated rings. The van der Waals surface area contributed by atoms with Gasteiger partial charge in [0.2, 0.25) is 23.5 Å². The van der Waals surface area contributed by atoms with Gasteiger partial charge in [0.1, 0.15) is 5.92 Å². The molecule has 214 valence electrons. The van der Waals surface area contributed by atoms with Crippen LogP contribution in [0.4, 0.5) is 0 Å². The van der Waals surface area contributed by atoms with Gasteiger partial charge in [-0.05, 0) is 49.4 Å². The maximum atomic E-state index is 13.8. The van der Waals surface area contributed by atoms with Crippen LogP contribution in [0.3, 0.4) is 0 Å². The molecule has 6 atom stereocenters. The number of hydrogen-bond acceptors (Lipinski definition) is 8. The van der Waals surface area contributed by atoms with Gasteiger partial charge in [0, 0.05) is 19.5 Å². The van der Waals surface area contributed by atoms with E-state index in [0.717, 1.165) is 12.8 Å². The summed E-state index contributed by atoms with van der Waals surface area (Å²) in [5, 5.41) is 3.11. The second kappa shape index (κ2) is 10.5. The normalized spacial score (nSPS) is 30.9. The first-order valence-corrected chi connectivity index (χ1v) is 14.1. The second-order valence-electron chi connectivity index (χ2n) is 12.8. The lowest BCUT2D eigenvalue weighted by Gasteiger charge is -2.64. The van der Waals surface area contributed by atoms with Crippen molar-refractivity contribution in [2.45, 2.75) is 83.9 Å². The van der Waals surface area contributed by atoms with Crippen molar-refractivity contribution in [2.24, 2.45) is 28.9 Å². The fraction of sp³-hybridized carbons (Fsp3) is 0.778. The van der Waals surface area contributed by atoms with Crippen molar-refractivity contribution in [3.8, 4) is 0 Å². The number of rotatable bonds is 9. The Balaban J connectivity index is 1.35. The van der Waals surface area contributed by atoms with Crippen LogP contribution in [0, 0.1) is 23.2 Å². The third kappa shape index (κ3) is 5.23. The standard InChI is InChI=1S/C27H41BN4O7/c1-15(2)10-21(28-38-20-12-16-11-19(26(16,3)4)27(20,5)39-28)31-24(35)17(25-30-14-18(37-25)23(29)34)13-22(33)32-6-8-36-9-7-32/h14-17,19-21H,6-13H2,1-5H3,(H2,29,34)(H,31,35)/t16-,17-,19-,20+,21-,27-/m0/s1. The molecule has 2 aliphatic heterocycles. The van der Waals surface area contributed by atoms with Gasteiger partial charge in [0.15, 0.2) is 0 Å². The average molecular weight is 544 g/mol. The monoisotopic (exact) mass is 544 g/mol. The Hall–Kier alpha value is -2.44. The first-order valence-electron chi connectivity index (χ1n) is 14.1. The highest BCUT2D eigenvalue weighted by atomic mass is 16.7. The molecular formula is C27H41BN4O7. The molecule has 3 heterocycles. The zero-order chi connectivity index (χ0) is 28.1. The molecule has 5 aliphatic rings. The van der Waals surface area contributed by atoms with Crippen LogP contribution < -0.4 is 11.1 Å². The van der Waals surface area contributed by atoms with Crippen LogP contribution in [0.2, 0.25) is 0 Å². The van der Waals surface area contributed by atoms with E-state index >= 15 is 0 Å². The summed E-state index contributed by atoms with van der Waals surface area (Å²) in [7, 11) is -0.608. The predicted octanol–water partition coefficient (Wildman–Crippen LogP) is 1.90. The topological polar surface area (TPSA) is 146 Å². The number of primary amides is 1. The first kappa shape index (κ1) is 28.1. The minimum Gasteiger partial charge on any atom is -0.435 e. The Morgan fingerprint density at radius 2 is 1.92 bits per heavy atom. The smallest absolute Gasteiger partial charge is 0.435 e. The Labute approximate surface area is 230 Å². The second-order valence-corrected chi connectivity index (χ2v) is 12.8. The fourth-order valence-corrected chi connectivity index (χ4v) is 7.07. The number of aromatic nitrogens is 1. The van der Waals surface area contributed by atoms with Gasteiger partial charge in [-0.2, -0.15) is 0 Å². The fourth-order valence-electron chi connectivity index (χ4n) is 7.07. The lowest BCUT2D eigenvalue weighted by atomic mass is 9.43. The number of nitrogens with one attached hydrogen (secondary N) is 1. The van der Waals surface area contributed by atoms with Crippen LogP contribution in [-0.2, 0) is 23.6 Å². The summed E-state index contributed by atoms with van der Waals surface area (Å²) < 4.78 is 24.1. The third-order valence-corrected chi connectivity index (χ3v) is 9.47. The van der Waals surface area contributed by atoms with Gasteiger partial charge in [0.25, 0.3) is 5.91 Å². The summed E-state index contributed by atoms with van der Waals surface area (Å²) >= 11 is 0. The van der Waals surface area contributed by atoms with Gasteiger partial charge in [-0.1, -0.05) is 27.7 Å². The quantitative estimate of drug-likeness (QED) is 0.449. The maximum Gasteiger partial charge on any atom is 0.481 e. The molecule has 1 aromatic rings.